The predicted octanol–water partition coefficient (Wildman–Crippen LogP) is 3.52. The van der Waals surface area contributed by atoms with E-state index in [4.69, 9.17) is 4.74 Å². The molecule has 2 heterocycles. The van der Waals surface area contributed by atoms with E-state index in [0.29, 0.717) is 11.6 Å². The first-order valence-electron chi connectivity index (χ1n) is 8.94. The van der Waals surface area contributed by atoms with Crippen LogP contribution in [0.4, 0.5) is 5.69 Å². The van der Waals surface area contributed by atoms with Crippen molar-refractivity contribution >= 4 is 17.0 Å². The molecule has 3 rings (SSSR count). The van der Waals surface area contributed by atoms with Crippen LogP contribution in [0.2, 0.25) is 0 Å². The molecule has 1 aromatic heterocycles. The van der Waals surface area contributed by atoms with Crippen LogP contribution in [0, 0.1) is 10.1 Å². The monoisotopic (exact) mass is 375 g/mol. The van der Waals surface area contributed by atoms with Gasteiger partial charge >= 0.3 is 0 Å². The van der Waals surface area contributed by atoms with Crippen LogP contribution < -0.4 is 5.32 Å². The van der Waals surface area contributed by atoms with Gasteiger partial charge in [0, 0.05) is 42.1 Å². The number of nitro groups is 1. The summed E-state index contributed by atoms with van der Waals surface area (Å²) in [6, 6.07) is 11.5. The molecule has 0 saturated carbocycles. The Bertz CT molecular complexity index is 726. The fourth-order valence-corrected chi connectivity index (χ4v) is 4.28. The van der Waals surface area contributed by atoms with Gasteiger partial charge in [0.15, 0.2) is 0 Å². The maximum atomic E-state index is 11.2. The van der Waals surface area contributed by atoms with E-state index in [1.807, 2.05) is 18.2 Å². The summed E-state index contributed by atoms with van der Waals surface area (Å²) in [6.45, 7) is 4.82. The molecule has 0 atom stereocenters. The highest BCUT2D eigenvalue weighted by molar-refractivity contribution is 7.15. The molecule has 0 amide bonds. The molecule has 7 heteroatoms. The van der Waals surface area contributed by atoms with Gasteiger partial charge in [-0.05, 0) is 44.1 Å². The fourth-order valence-electron chi connectivity index (χ4n) is 3.28. The molecular weight excluding hydrogens is 350 g/mol. The van der Waals surface area contributed by atoms with Gasteiger partial charge in [-0.3, -0.25) is 10.1 Å². The van der Waals surface area contributed by atoms with Crippen molar-refractivity contribution in [1.82, 2.24) is 10.2 Å². The van der Waals surface area contributed by atoms with Crippen molar-refractivity contribution in [3.63, 3.8) is 0 Å². The van der Waals surface area contributed by atoms with E-state index < -0.39 is 0 Å². The van der Waals surface area contributed by atoms with Crippen molar-refractivity contribution in [2.45, 2.75) is 25.4 Å². The lowest BCUT2D eigenvalue weighted by atomic mass is 10.1. The zero-order valence-electron chi connectivity index (χ0n) is 15.0. The minimum Gasteiger partial charge on any atom is -0.383 e. The Labute approximate surface area is 157 Å². The molecule has 140 valence electrons. The molecule has 0 aliphatic carbocycles. The highest BCUT2D eigenvalue weighted by Gasteiger charge is 2.19. The molecule has 0 bridgehead atoms. The van der Waals surface area contributed by atoms with Gasteiger partial charge in [0.1, 0.15) is 0 Å². The van der Waals surface area contributed by atoms with E-state index in [1.54, 1.807) is 30.6 Å². The number of hydrogen-bond donors (Lipinski definition) is 1. The van der Waals surface area contributed by atoms with Gasteiger partial charge < -0.3 is 15.0 Å². The van der Waals surface area contributed by atoms with Gasteiger partial charge in [-0.15, -0.1) is 11.3 Å². The smallest absolute Gasteiger partial charge is 0.278 e. The van der Waals surface area contributed by atoms with Crippen molar-refractivity contribution in [3.8, 4) is 10.4 Å². The Morgan fingerprint density at radius 2 is 2.04 bits per heavy atom. The summed E-state index contributed by atoms with van der Waals surface area (Å²) in [7, 11) is 1.74. The summed E-state index contributed by atoms with van der Waals surface area (Å²) in [5.74, 6) is 0. The summed E-state index contributed by atoms with van der Waals surface area (Å²) < 4.78 is 5.14. The lowest BCUT2D eigenvalue weighted by Crippen LogP contribution is -2.43. The summed E-state index contributed by atoms with van der Waals surface area (Å²) in [6.07, 6.45) is 2.29. The highest BCUT2D eigenvalue weighted by Crippen LogP contribution is 2.34. The van der Waals surface area contributed by atoms with Crippen LogP contribution in [0.3, 0.4) is 0 Å². The van der Waals surface area contributed by atoms with E-state index in [1.165, 1.54) is 4.88 Å². The van der Waals surface area contributed by atoms with Crippen molar-refractivity contribution in [2.24, 2.45) is 0 Å². The number of hydrogen-bond acceptors (Lipinski definition) is 6. The van der Waals surface area contributed by atoms with Crippen LogP contribution in [-0.4, -0.2) is 49.2 Å². The molecule has 0 radical (unpaired) electrons. The molecule has 26 heavy (non-hydrogen) atoms. The lowest BCUT2D eigenvalue weighted by molar-refractivity contribution is -0.384. The van der Waals surface area contributed by atoms with Crippen molar-refractivity contribution in [1.29, 1.82) is 0 Å². The molecule has 2 aromatic rings. The van der Waals surface area contributed by atoms with Crippen LogP contribution in [0.1, 0.15) is 17.7 Å². The van der Waals surface area contributed by atoms with Crippen LogP contribution >= 0.6 is 11.3 Å². The highest BCUT2D eigenvalue weighted by atomic mass is 32.1. The molecule has 1 aromatic carbocycles. The van der Waals surface area contributed by atoms with Gasteiger partial charge in [0.05, 0.1) is 17.1 Å². The number of likely N-dealkylation sites (tertiary alicyclic amines) is 1. The largest absolute Gasteiger partial charge is 0.383 e. The van der Waals surface area contributed by atoms with Gasteiger partial charge in [-0.2, -0.15) is 0 Å². The SMILES string of the molecule is COCCN1CCC(NCc2ccc(-c3ccccc3[N+](=O)[O-])s2)CC1. The molecular formula is C19H25N3O3S. The Kier molecular flexibility index (Phi) is 6.73. The fraction of sp³-hybridized carbons (Fsp3) is 0.474. The topological polar surface area (TPSA) is 67.6 Å². The minimum absolute atomic E-state index is 0.164. The van der Waals surface area contributed by atoms with Gasteiger partial charge in [0.25, 0.3) is 5.69 Å². The number of benzene rings is 1. The second kappa shape index (κ2) is 9.23. The molecule has 1 aliphatic heterocycles. The van der Waals surface area contributed by atoms with Gasteiger partial charge in [-0.1, -0.05) is 12.1 Å². The van der Waals surface area contributed by atoms with E-state index in [9.17, 15) is 10.1 Å². The maximum Gasteiger partial charge on any atom is 0.278 e. The van der Waals surface area contributed by atoms with Crippen molar-refractivity contribution < 1.29 is 9.66 Å². The van der Waals surface area contributed by atoms with Crippen LogP contribution in [0.25, 0.3) is 10.4 Å². The number of rotatable bonds is 8. The number of thiophene rings is 1. The average molecular weight is 375 g/mol. The van der Waals surface area contributed by atoms with Gasteiger partial charge in [0.2, 0.25) is 0 Å². The Balaban J connectivity index is 1.53. The summed E-state index contributed by atoms with van der Waals surface area (Å²) in [5, 5.41) is 14.8. The summed E-state index contributed by atoms with van der Waals surface area (Å²) in [4.78, 5) is 15.5. The van der Waals surface area contributed by atoms with E-state index in [-0.39, 0.29) is 10.6 Å². The second-order valence-corrected chi connectivity index (χ2v) is 7.70. The van der Waals surface area contributed by atoms with Crippen LogP contribution in [-0.2, 0) is 11.3 Å². The number of piperidine rings is 1. The first-order valence-corrected chi connectivity index (χ1v) is 9.76. The molecule has 1 saturated heterocycles. The van der Waals surface area contributed by atoms with Crippen molar-refractivity contribution in [2.75, 3.05) is 33.4 Å². The Morgan fingerprint density at radius 3 is 2.77 bits per heavy atom. The average Bonchev–Trinajstić information content (AvgIpc) is 3.14. The first kappa shape index (κ1) is 19.0. The zero-order chi connectivity index (χ0) is 18.4. The Hall–Kier alpha value is -1.80. The molecule has 0 unspecified atom stereocenters. The maximum absolute atomic E-state index is 11.2. The van der Waals surface area contributed by atoms with E-state index in [0.717, 1.165) is 50.5 Å². The normalized spacial score (nSPS) is 16.0. The number of ether oxygens (including phenoxy) is 1. The summed E-state index contributed by atoms with van der Waals surface area (Å²) >= 11 is 1.62. The third-order valence-corrected chi connectivity index (χ3v) is 5.91. The number of para-hydroxylation sites is 1. The Morgan fingerprint density at radius 1 is 1.27 bits per heavy atom. The standard InChI is InChI=1S/C19H25N3O3S/c1-25-13-12-21-10-8-15(9-11-21)20-14-16-6-7-19(26-16)17-4-2-3-5-18(17)22(23)24/h2-7,15,20H,8-14H2,1H3. The summed E-state index contributed by atoms with van der Waals surface area (Å²) in [5.41, 5.74) is 0.859. The molecule has 1 N–H and O–H groups in total. The van der Waals surface area contributed by atoms with Crippen molar-refractivity contribution in [3.05, 3.63) is 51.4 Å². The third kappa shape index (κ3) is 4.88. The number of nitrogens with one attached hydrogen (secondary N) is 1. The lowest BCUT2D eigenvalue weighted by Gasteiger charge is -2.32. The molecule has 6 nitrogen and oxygen atoms in total. The number of methoxy groups -OCH3 is 1. The van der Waals surface area contributed by atoms with Crippen LogP contribution in [0.5, 0.6) is 0 Å². The molecule has 1 fully saturated rings. The third-order valence-electron chi connectivity index (χ3n) is 4.79. The van der Waals surface area contributed by atoms with E-state index >= 15 is 0 Å². The first-order chi connectivity index (χ1) is 12.7. The number of nitro benzene ring substituents is 1. The molecule has 0 spiro atoms. The quantitative estimate of drug-likeness (QED) is 0.565. The molecule has 1 aliphatic rings. The van der Waals surface area contributed by atoms with E-state index in [2.05, 4.69) is 16.3 Å². The second-order valence-electron chi connectivity index (χ2n) is 6.53. The predicted molar refractivity (Wildman–Crippen MR) is 105 cm³/mol. The number of nitrogens with zero attached hydrogens (tertiary/aromatic N) is 2. The van der Waals surface area contributed by atoms with Gasteiger partial charge in [-0.25, -0.2) is 0 Å². The minimum atomic E-state index is -0.315. The van der Waals surface area contributed by atoms with Crippen LogP contribution in [0.15, 0.2) is 36.4 Å². The zero-order valence-corrected chi connectivity index (χ0v) is 15.8.